The van der Waals surface area contributed by atoms with Gasteiger partial charge in [0.05, 0.1) is 28.5 Å². The number of benzene rings is 3. The Morgan fingerprint density at radius 2 is 0.705 bits per heavy atom. The average Bonchev–Trinajstić information content (AvgIpc) is 3.88. The van der Waals surface area contributed by atoms with E-state index in [0.717, 1.165) is 66.8 Å². The predicted octanol–water partition coefficient (Wildman–Crippen LogP) is 8.49. The summed E-state index contributed by atoms with van der Waals surface area (Å²) in [5.74, 6) is 0. The topological polar surface area (TPSA) is 80.0 Å². The zero-order valence-corrected chi connectivity index (χ0v) is 24.4. The van der Waals surface area contributed by atoms with Crippen LogP contribution in [-0.4, -0.2) is 9.97 Å². The van der Waals surface area contributed by atoms with Crippen molar-refractivity contribution in [3.8, 4) is 33.4 Å². The van der Waals surface area contributed by atoms with Crippen LogP contribution in [-0.2, 0) is 16.5 Å². The largest absolute Gasteiger partial charge is 2.00 e. The molecule has 0 amide bonds. The third-order valence-corrected chi connectivity index (χ3v) is 7.84. The zero-order valence-electron chi connectivity index (χ0n) is 23.5. The van der Waals surface area contributed by atoms with Crippen LogP contribution >= 0.6 is 0 Å². The molecule has 2 aliphatic rings. The van der Waals surface area contributed by atoms with Crippen molar-refractivity contribution < 1.29 is 16.5 Å². The minimum Gasteiger partial charge on any atom is -0.657 e. The predicted molar refractivity (Wildman–Crippen MR) is 178 cm³/mol. The van der Waals surface area contributed by atoms with E-state index in [4.69, 9.17) is 25.7 Å². The van der Waals surface area contributed by atoms with Crippen molar-refractivity contribution in [2.75, 3.05) is 5.73 Å². The Labute approximate surface area is 264 Å². The Kier molecular flexibility index (Phi) is 7.05. The molecule has 0 saturated carbocycles. The maximum absolute atomic E-state index is 6.71. The van der Waals surface area contributed by atoms with Gasteiger partial charge in [-0.2, -0.15) is 0 Å². The van der Waals surface area contributed by atoms with E-state index >= 15 is 0 Å². The van der Waals surface area contributed by atoms with Crippen molar-refractivity contribution >= 4 is 52.1 Å². The van der Waals surface area contributed by atoms with Crippen LogP contribution in [0, 0.1) is 0 Å². The van der Waals surface area contributed by atoms with E-state index in [2.05, 4.69) is 60.7 Å². The molecule has 8 rings (SSSR count). The number of hydrogen-bond acceptors (Lipinski definition) is 3. The van der Waals surface area contributed by atoms with Gasteiger partial charge in [-0.25, -0.2) is 9.97 Å². The molecule has 0 saturated heterocycles. The monoisotopic (exact) mass is 609 g/mol. The van der Waals surface area contributed by atoms with Crippen LogP contribution in [0.25, 0.3) is 79.8 Å². The van der Waals surface area contributed by atoms with Crippen LogP contribution < -0.4 is 15.7 Å². The van der Waals surface area contributed by atoms with Gasteiger partial charge in [-0.3, -0.25) is 0 Å². The molecule has 6 aromatic rings. The first-order valence-corrected chi connectivity index (χ1v) is 14.2. The van der Waals surface area contributed by atoms with Gasteiger partial charge < -0.3 is 15.7 Å². The molecule has 3 aromatic heterocycles. The smallest absolute Gasteiger partial charge is 0.657 e. The molecule has 0 spiro atoms. The Balaban J connectivity index is 0.00000312. The van der Waals surface area contributed by atoms with E-state index in [-0.39, 0.29) is 16.5 Å². The summed E-state index contributed by atoms with van der Waals surface area (Å²) >= 11 is 0. The Hall–Kier alpha value is -5.45. The van der Waals surface area contributed by atoms with Crippen molar-refractivity contribution in [3.05, 3.63) is 138 Å². The van der Waals surface area contributed by atoms with Crippen molar-refractivity contribution in [2.24, 2.45) is 0 Å². The van der Waals surface area contributed by atoms with Crippen LogP contribution in [0.1, 0.15) is 22.8 Å². The van der Waals surface area contributed by atoms with Gasteiger partial charge in [-0.05, 0) is 57.7 Å². The number of nitrogen functional groups attached to an aromatic ring is 1. The summed E-state index contributed by atoms with van der Waals surface area (Å²) in [5.41, 5.74) is 19.5. The maximum atomic E-state index is 6.71. The number of fused-ring (bicyclic) bond motifs is 8. The normalized spacial score (nSPS) is 11.8. The molecule has 5 heterocycles. The molecule has 212 valence electrons. The van der Waals surface area contributed by atoms with E-state index in [9.17, 15) is 0 Å². The fourth-order valence-corrected chi connectivity index (χ4v) is 5.81. The van der Waals surface area contributed by atoms with E-state index in [0.29, 0.717) is 17.1 Å². The van der Waals surface area contributed by atoms with Gasteiger partial charge in [0.2, 0.25) is 0 Å². The number of hydrogen-bond donors (Lipinski definition) is 1. The van der Waals surface area contributed by atoms with Crippen LogP contribution in [0.15, 0.2) is 115 Å². The fraction of sp³-hybridized carbons (Fsp3) is 0. The van der Waals surface area contributed by atoms with Crippen molar-refractivity contribution in [1.29, 1.82) is 0 Å². The summed E-state index contributed by atoms with van der Waals surface area (Å²) in [6.07, 6.45) is 7.93. The Morgan fingerprint density at radius 1 is 0.386 bits per heavy atom. The van der Waals surface area contributed by atoms with Crippen molar-refractivity contribution in [2.45, 2.75) is 0 Å². The molecule has 8 bridgehead atoms. The average molecular weight is 610 g/mol. The molecule has 6 heteroatoms. The molecular weight excluding hydrogens is 585 g/mol. The first kappa shape index (κ1) is 27.4. The summed E-state index contributed by atoms with van der Waals surface area (Å²) in [7, 11) is 0. The number of nitrogens with two attached hydrogens (primary N) is 1. The fourth-order valence-electron chi connectivity index (χ4n) is 5.81. The van der Waals surface area contributed by atoms with Gasteiger partial charge in [0.25, 0.3) is 0 Å². The van der Waals surface area contributed by atoms with Gasteiger partial charge in [-0.15, -0.1) is 22.1 Å². The summed E-state index contributed by atoms with van der Waals surface area (Å²) in [6, 6.07) is 39.1. The molecule has 0 atom stereocenters. The molecular formula is C38H25N5Ni. The second-order valence-corrected chi connectivity index (χ2v) is 10.5. The Bertz CT molecular complexity index is 2090. The summed E-state index contributed by atoms with van der Waals surface area (Å²) in [4.78, 5) is 20.5. The SMILES string of the molecule is Nc1c2nc(c(-c3ccccc3)c3ccc([n-]3)c(-c3ccccc3)c3ccc([n-]3)c(-c3ccccc3)c3nc1C=C3)C=C2.[Ni+2]. The quantitative estimate of drug-likeness (QED) is 0.203. The van der Waals surface area contributed by atoms with Gasteiger partial charge in [0.15, 0.2) is 0 Å². The van der Waals surface area contributed by atoms with Crippen LogP contribution in [0.2, 0.25) is 0 Å². The van der Waals surface area contributed by atoms with E-state index in [1.165, 1.54) is 0 Å². The molecule has 5 nitrogen and oxygen atoms in total. The van der Waals surface area contributed by atoms with Crippen LogP contribution in [0.3, 0.4) is 0 Å². The third kappa shape index (κ3) is 4.76. The molecule has 0 aliphatic carbocycles. The summed E-state index contributed by atoms with van der Waals surface area (Å²) in [5, 5.41) is 0. The Morgan fingerprint density at radius 3 is 1.09 bits per heavy atom. The second-order valence-electron chi connectivity index (χ2n) is 10.5. The maximum Gasteiger partial charge on any atom is 2.00 e. The van der Waals surface area contributed by atoms with E-state index in [1.807, 2.05) is 78.9 Å². The number of anilines is 1. The molecule has 0 fully saturated rings. The molecule has 0 radical (unpaired) electrons. The van der Waals surface area contributed by atoms with Crippen LogP contribution in [0.5, 0.6) is 0 Å². The first-order chi connectivity index (χ1) is 21.2. The second kappa shape index (κ2) is 11.3. The van der Waals surface area contributed by atoms with Gasteiger partial charge in [0, 0.05) is 0 Å². The summed E-state index contributed by atoms with van der Waals surface area (Å²) in [6.45, 7) is 0. The minimum atomic E-state index is 0. The standard InChI is InChI=1S/C38H25N5.Ni/c39-38-33-22-20-31(42-33)36(25-12-6-2-7-13-25)29-18-16-27(40-29)35(24-10-4-1-5-11-24)28-17-19-30(41-28)37(26-14-8-3-9-15-26)32-21-23-34(38)43-32;/h1-23H,39H2;/q-2;+2. The molecule has 0 unspecified atom stereocenters. The van der Waals surface area contributed by atoms with Crippen LogP contribution in [0.4, 0.5) is 5.69 Å². The minimum absolute atomic E-state index is 0. The molecule has 44 heavy (non-hydrogen) atoms. The first-order valence-electron chi connectivity index (χ1n) is 14.2. The third-order valence-electron chi connectivity index (χ3n) is 7.84. The number of rotatable bonds is 3. The van der Waals surface area contributed by atoms with Gasteiger partial charge >= 0.3 is 16.5 Å². The van der Waals surface area contributed by atoms with Gasteiger partial charge in [-0.1, -0.05) is 115 Å². The van der Waals surface area contributed by atoms with Crippen molar-refractivity contribution in [1.82, 2.24) is 19.9 Å². The number of nitrogens with zero attached hydrogens (tertiary/aromatic N) is 4. The van der Waals surface area contributed by atoms with E-state index in [1.54, 1.807) is 0 Å². The van der Waals surface area contributed by atoms with E-state index < -0.39 is 0 Å². The molecule has 3 aromatic carbocycles. The molecule has 2 N–H and O–H groups in total. The molecule has 2 aliphatic heterocycles. The van der Waals surface area contributed by atoms with Crippen molar-refractivity contribution in [3.63, 3.8) is 0 Å². The summed E-state index contributed by atoms with van der Waals surface area (Å²) < 4.78 is 0. The zero-order chi connectivity index (χ0) is 28.8. The van der Waals surface area contributed by atoms with Gasteiger partial charge in [0.1, 0.15) is 0 Å². The number of aromatic nitrogens is 4.